The second-order valence-corrected chi connectivity index (χ2v) is 12.2. The van der Waals surface area contributed by atoms with Crippen molar-refractivity contribution in [2.24, 2.45) is 5.92 Å². The molecule has 0 aliphatic carbocycles. The van der Waals surface area contributed by atoms with Gasteiger partial charge in [0, 0.05) is 60.0 Å². The number of aryl methyl sites for hydroxylation is 1. The maximum atomic E-state index is 13.5. The molecule has 1 aliphatic rings. The molecule has 0 amide bonds. The van der Waals surface area contributed by atoms with Crippen molar-refractivity contribution in [3.63, 3.8) is 0 Å². The molecule has 37 heavy (non-hydrogen) atoms. The first kappa shape index (κ1) is 27.3. The Labute approximate surface area is 217 Å². The first-order valence-corrected chi connectivity index (χ1v) is 14.4. The number of anilines is 2. The predicted octanol–water partition coefficient (Wildman–Crippen LogP) is 4.17. The standard InChI is InChI=1S/C24H28F3N5O3S2/c1-14(2)19-11-31(7-8-32(19)23-28-10-16(12-33)21(30-23)24(25,26)27)17-5-6-18(20(9-17)37(4,34)35)22-29-15(3)13-36-22/h5-6,9-10,13-14,19,33H,7-8,11-12H2,1-4H3/t19-/m0/s1. The van der Waals surface area contributed by atoms with Gasteiger partial charge in [-0.05, 0) is 31.0 Å². The van der Waals surface area contributed by atoms with Crippen molar-refractivity contribution in [2.45, 2.75) is 44.5 Å². The van der Waals surface area contributed by atoms with Gasteiger partial charge in [0.15, 0.2) is 15.5 Å². The minimum atomic E-state index is -4.72. The van der Waals surface area contributed by atoms with E-state index in [1.165, 1.54) is 11.3 Å². The number of thiazole rings is 1. The Morgan fingerprint density at radius 3 is 2.51 bits per heavy atom. The van der Waals surface area contributed by atoms with Gasteiger partial charge in [-0.25, -0.2) is 23.4 Å². The lowest BCUT2D eigenvalue weighted by atomic mass is 9.99. The van der Waals surface area contributed by atoms with Crippen LogP contribution < -0.4 is 9.80 Å². The first-order chi connectivity index (χ1) is 17.3. The Balaban J connectivity index is 1.67. The normalized spacial score (nSPS) is 17.1. The number of alkyl halides is 3. The molecule has 200 valence electrons. The van der Waals surface area contributed by atoms with E-state index in [-0.39, 0.29) is 28.4 Å². The summed E-state index contributed by atoms with van der Waals surface area (Å²) in [4.78, 5) is 16.3. The van der Waals surface area contributed by atoms with Gasteiger partial charge in [-0.2, -0.15) is 13.2 Å². The third-order valence-corrected chi connectivity index (χ3v) is 8.45. The van der Waals surface area contributed by atoms with Crippen molar-refractivity contribution in [3.05, 3.63) is 46.7 Å². The molecule has 13 heteroatoms. The van der Waals surface area contributed by atoms with Crippen LogP contribution in [0.3, 0.4) is 0 Å². The lowest BCUT2D eigenvalue weighted by Crippen LogP contribution is -2.56. The van der Waals surface area contributed by atoms with E-state index in [1.807, 2.05) is 37.1 Å². The van der Waals surface area contributed by atoms with Crippen molar-refractivity contribution < 1.29 is 26.7 Å². The molecule has 1 saturated heterocycles. The fraction of sp³-hybridized carbons (Fsp3) is 0.458. The highest BCUT2D eigenvalue weighted by atomic mass is 32.2. The summed E-state index contributed by atoms with van der Waals surface area (Å²) in [5, 5.41) is 11.8. The average molecular weight is 556 g/mol. The first-order valence-electron chi connectivity index (χ1n) is 11.6. The number of benzene rings is 1. The summed E-state index contributed by atoms with van der Waals surface area (Å²) in [6, 6.07) is 5.01. The summed E-state index contributed by atoms with van der Waals surface area (Å²) in [6.07, 6.45) is -2.53. The molecule has 3 aromatic rings. The Kier molecular flexibility index (Phi) is 7.50. The van der Waals surface area contributed by atoms with Crippen LogP contribution in [-0.2, 0) is 22.6 Å². The zero-order valence-electron chi connectivity index (χ0n) is 20.8. The largest absolute Gasteiger partial charge is 0.433 e. The van der Waals surface area contributed by atoms with E-state index in [2.05, 4.69) is 15.0 Å². The third-order valence-electron chi connectivity index (χ3n) is 6.31. The lowest BCUT2D eigenvalue weighted by Gasteiger charge is -2.44. The number of nitrogens with zero attached hydrogens (tertiary/aromatic N) is 5. The highest BCUT2D eigenvalue weighted by molar-refractivity contribution is 7.90. The Hall–Kier alpha value is -2.77. The number of piperazine rings is 1. The molecule has 1 N–H and O–H groups in total. The SMILES string of the molecule is Cc1csc(-c2ccc(N3CCN(c4ncc(CO)c(C(F)(F)F)n4)[C@H](C(C)C)C3)cc2S(C)(=O)=O)n1. The van der Waals surface area contributed by atoms with Crippen LogP contribution in [0.4, 0.5) is 24.8 Å². The number of halogens is 3. The van der Waals surface area contributed by atoms with Gasteiger partial charge in [0.25, 0.3) is 0 Å². The van der Waals surface area contributed by atoms with Crippen LogP contribution in [0.2, 0.25) is 0 Å². The molecule has 0 unspecified atom stereocenters. The minimum Gasteiger partial charge on any atom is -0.392 e. The van der Waals surface area contributed by atoms with Crippen molar-refractivity contribution in [1.82, 2.24) is 15.0 Å². The van der Waals surface area contributed by atoms with Crippen LogP contribution in [0.15, 0.2) is 34.7 Å². The van der Waals surface area contributed by atoms with Gasteiger partial charge in [0.05, 0.1) is 17.5 Å². The second kappa shape index (κ2) is 10.2. The molecule has 1 aromatic carbocycles. The maximum Gasteiger partial charge on any atom is 0.433 e. The third kappa shape index (κ3) is 5.73. The molecule has 0 radical (unpaired) electrons. The van der Waals surface area contributed by atoms with Gasteiger partial charge in [0.1, 0.15) is 5.01 Å². The van der Waals surface area contributed by atoms with Crippen molar-refractivity contribution in [3.8, 4) is 10.6 Å². The fourth-order valence-electron chi connectivity index (χ4n) is 4.43. The van der Waals surface area contributed by atoms with Crippen LogP contribution in [0.1, 0.15) is 30.8 Å². The van der Waals surface area contributed by atoms with E-state index in [9.17, 15) is 26.7 Å². The summed E-state index contributed by atoms with van der Waals surface area (Å²) in [5.41, 5.74) is 0.536. The van der Waals surface area contributed by atoms with Crippen molar-refractivity contribution in [1.29, 1.82) is 0 Å². The molecular formula is C24H28F3N5O3S2. The second-order valence-electron chi connectivity index (χ2n) is 9.40. The molecule has 0 bridgehead atoms. The summed E-state index contributed by atoms with van der Waals surface area (Å²) in [6.45, 7) is 6.15. The number of aliphatic hydroxyl groups excluding tert-OH is 1. The molecule has 2 aromatic heterocycles. The summed E-state index contributed by atoms with van der Waals surface area (Å²) < 4.78 is 65.9. The van der Waals surface area contributed by atoms with E-state index < -0.39 is 28.3 Å². The van der Waals surface area contributed by atoms with Gasteiger partial charge in [-0.15, -0.1) is 11.3 Å². The maximum absolute atomic E-state index is 13.5. The van der Waals surface area contributed by atoms with Crippen LogP contribution in [0, 0.1) is 12.8 Å². The predicted molar refractivity (Wildman–Crippen MR) is 137 cm³/mol. The molecule has 4 rings (SSSR count). The topological polar surface area (TPSA) is 99.5 Å². The number of hydrogen-bond acceptors (Lipinski definition) is 9. The molecule has 1 fully saturated rings. The number of aliphatic hydroxyl groups is 1. The Morgan fingerprint density at radius 2 is 1.95 bits per heavy atom. The number of hydrogen-bond donors (Lipinski definition) is 1. The van der Waals surface area contributed by atoms with E-state index >= 15 is 0 Å². The molecular weight excluding hydrogens is 527 g/mol. The molecule has 0 spiro atoms. The van der Waals surface area contributed by atoms with E-state index in [0.29, 0.717) is 35.9 Å². The quantitative estimate of drug-likeness (QED) is 0.484. The van der Waals surface area contributed by atoms with Crippen molar-refractivity contribution >= 4 is 32.8 Å². The zero-order valence-corrected chi connectivity index (χ0v) is 22.5. The Bertz CT molecular complexity index is 1390. The summed E-state index contributed by atoms with van der Waals surface area (Å²) in [7, 11) is -3.56. The monoisotopic (exact) mass is 555 g/mol. The fourth-order valence-corrected chi connectivity index (χ4v) is 6.23. The number of aromatic nitrogens is 3. The Morgan fingerprint density at radius 1 is 1.22 bits per heavy atom. The van der Waals surface area contributed by atoms with E-state index in [0.717, 1.165) is 18.1 Å². The molecule has 0 saturated carbocycles. The molecule has 8 nitrogen and oxygen atoms in total. The van der Waals surface area contributed by atoms with Crippen LogP contribution >= 0.6 is 11.3 Å². The van der Waals surface area contributed by atoms with Crippen LogP contribution in [-0.4, -0.2) is 60.4 Å². The average Bonchev–Trinajstić information content (AvgIpc) is 3.28. The molecule has 1 aliphatic heterocycles. The highest BCUT2D eigenvalue weighted by Crippen LogP contribution is 2.36. The van der Waals surface area contributed by atoms with Gasteiger partial charge in [-0.1, -0.05) is 13.8 Å². The smallest absolute Gasteiger partial charge is 0.392 e. The van der Waals surface area contributed by atoms with Gasteiger partial charge < -0.3 is 14.9 Å². The summed E-state index contributed by atoms with van der Waals surface area (Å²) >= 11 is 1.38. The van der Waals surface area contributed by atoms with Crippen LogP contribution in [0.25, 0.3) is 10.6 Å². The zero-order chi connectivity index (χ0) is 27.1. The molecule has 1 atom stereocenters. The van der Waals surface area contributed by atoms with Gasteiger partial charge >= 0.3 is 6.18 Å². The summed E-state index contributed by atoms with van der Waals surface area (Å²) in [5.74, 6) is -0.0145. The van der Waals surface area contributed by atoms with Crippen molar-refractivity contribution in [2.75, 3.05) is 35.7 Å². The molecule has 3 heterocycles. The van der Waals surface area contributed by atoms with E-state index in [1.54, 1.807) is 17.0 Å². The number of sulfone groups is 1. The van der Waals surface area contributed by atoms with Gasteiger partial charge in [0.2, 0.25) is 5.95 Å². The van der Waals surface area contributed by atoms with Gasteiger partial charge in [-0.3, -0.25) is 0 Å². The number of rotatable bonds is 6. The van der Waals surface area contributed by atoms with E-state index in [4.69, 9.17) is 0 Å². The lowest BCUT2D eigenvalue weighted by molar-refractivity contribution is -0.142. The highest BCUT2D eigenvalue weighted by Gasteiger charge is 2.38. The van der Waals surface area contributed by atoms with Crippen LogP contribution in [0.5, 0.6) is 0 Å². The minimum absolute atomic E-state index is 0.0326.